The monoisotopic (exact) mass is 377 g/mol. The Labute approximate surface area is 153 Å². The van der Waals surface area contributed by atoms with Gasteiger partial charge >= 0.3 is 6.01 Å². The lowest BCUT2D eigenvalue weighted by Crippen LogP contribution is -2.67. The van der Waals surface area contributed by atoms with E-state index in [9.17, 15) is 8.42 Å². The van der Waals surface area contributed by atoms with Crippen LogP contribution in [0.1, 0.15) is 17.7 Å². The van der Waals surface area contributed by atoms with E-state index in [1.165, 1.54) is 0 Å². The van der Waals surface area contributed by atoms with Gasteiger partial charge in [0.15, 0.2) is 9.84 Å². The molecule has 0 aliphatic carbocycles. The van der Waals surface area contributed by atoms with Crippen LogP contribution in [0, 0.1) is 12.8 Å². The Kier molecular flexibility index (Phi) is 4.23. The van der Waals surface area contributed by atoms with Gasteiger partial charge in [-0.15, -0.1) is 0 Å². The summed E-state index contributed by atoms with van der Waals surface area (Å²) < 4.78 is 32.2. The maximum absolute atomic E-state index is 12.7. The smallest absolute Gasteiger partial charge is 0.316 e. The molecule has 4 rings (SSSR count). The average Bonchev–Trinajstić information content (AvgIpc) is 3.07. The maximum Gasteiger partial charge on any atom is 0.316 e. The van der Waals surface area contributed by atoms with Gasteiger partial charge in [-0.05, 0) is 19.4 Å². The maximum atomic E-state index is 12.7. The minimum atomic E-state index is -3.11. The molecular formula is C17H23N5O3S. The minimum Gasteiger partial charge on any atom is -0.463 e. The molecule has 2 aromatic heterocycles. The summed E-state index contributed by atoms with van der Waals surface area (Å²) in [4.78, 5) is 10.5. The molecule has 4 heterocycles. The molecular weight excluding hydrogens is 354 g/mol. The predicted molar refractivity (Wildman–Crippen MR) is 95.4 cm³/mol. The summed E-state index contributed by atoms with van der Waals surface area (Å²) in [6.07, 6.45) is 6.07. The molecule has 1 spiro atoms. The van der Waals surface area contributed by atoms with Crippen molar-refractivity contribution in [1.82, 2.24) is 24.6 Å². The fourth-order valence-electron chi connectivity index (χ4n) is 4.01. The summed E-state index contributed by atoms with van der Waals surface area (Å²) in [5.74, 6) is 0.206. The standard InChI is InChI=1S/C17H23N5O3S/c1-13-3-5-18-16(20-13)25-10-15-4-6-26(23,24)17(15)11-22(12-17)9-14-7-19-21(2)8-14/h3,5,7-8,15H,4,6,9-12H2,1-2H3. The lowest BCUT2D eigenvalue weighted by atomic mass is 9.83. The summed E-state index contributed by atoms with van der Waals surface area (Å²) in [5, 5.41) is 4.17. The van der Waals surface area contributed by atoms with Crippen LogP contribution >= 0.6 is 0 Å². The molecule has 2 fully saturated rings. The number of ether oxygens (including phenoxy) is 1. The first-order valence-corrected chi connectivity index (χ1v) is 10.4. The molecule has 8 nitrogen and oxygen atoms in total. The summed E-state index contributed by atoms with van der Waals surface area (Å²) >= 11 is 0. The minimum absolute atomic E-state index is 0.0261. The summed E-state index contributed by atoms with van der Waals surface area (Å²) in [6.45, 7) is 4.03. The van der Waals surface area contributed by atoms with E-state index in [4.69, 9.17) is 4.74 Å². The van der Waals surface area contributed by atoms with Crippen LogP contribution < -0.4 is 4.74 Å². The molecule has 26 heavy (non-hydrogen) atoms. The number of rotatable bonds is 5. The highest BCUT2D eigenvalue weighted by Crippen LogP contribution is 2.45. The van der Waals surface area contributed by atoms with Crippen molar-refractivity contribution >= 4 is 9.84 Å². The third-order valence-corrected chi connectivity index (χ3v) is 8.04. The number of aromatic nitrogens is 4. The van der Waals surface area contributed by atoms with Crippen LogP contribution in [-0.4, -0.2) is 63.3 Å². The van der Waals surface area contributed by atoms with Crippen molar-refractivity contribution in [3.8, 4) is 6.01 Å². The molecule has 2 saturated heterocycles. The van der Waals surface area contributed by atoms with E-state index in [1.54, 1.807) is 16.9 Å². The summed E-state index contributed by atoms with van der Waals surface area (Å²) in [7, 11) is -1.24. The fourth-order valence-corrected chi connectivity index (χ4v) is 6.47. The third-order valence-electron chi connectivity index (χ3n) is 5.43. The Bertz CT molecular complexity index is 905. The third kappa shape index (κ3) is 2.99. The van der Waals surface area contributed by atoms with Crippen LogP contribution in [-0.2, 0) is 23.4 Å². The lowest BCUT2D eigenvalue weighted by molar-refractivity contribution is 0.0571. The largest absolute Gasteiger partial charge is 0.463 e. The molecule has 0 N–H and O–H groups in total. The number of likely N-dealkylation sites (tertiary alicyclic amines) is 1. The van der Waals surface area contributed by atoms with Crippen molar-refractivity contribution in [1.29, 1.82) is 0 Å². The van der Waals surface area contributed by atoms with E-state index < -0.39 is 14.6 Å². The van der Waals surface area contributed by atoms with Gasteiger partial charge in [0, 0.05) is 56.3 Å². The summed E-state index contributed by atoms with van der Waals surface area (Å²) in [5.41, 5.74) is 1.92. The van der Waals surface area contributed by atoms with Gasteiger partial charge < -0.3 is 4.74 Å². The van der Waals surface area contributed by atoms with Gasteiger partial charge in [-0.3, -0.25) is 9.58 Å². The van der Waals surface area contributed by atoms with Gasteiger partial charge in [0.2, 0.25) is 0 Å². The van der Waals surface area contributed by atoms with Gasteiger partial charge in [0.25, 0.3) is 0 Å². The second-order valence-corrected chi connectivity index (χ2v) is 9.78. The molecule has 0 bridgehead atoms. The zero-order valence-electron chi connectivity index (χ0n) is 15.0. The molecule has 9 heteroatoms. The second-order valence-electron chi connectivity index (χ2n) is 7.33. The zero-order valence-corrected chi connectivity index (χ0v) is 15.8. The zero-order chi connectivity index (χ0) is 18.4. The highest BCUT2D eigenvalue weighted by molar-refractivity contribution is 7.93. The Morgan fingerprint density at radius 1 is 1.38 bits per heavy atom. The summed E-state index contributed by atoms with van der Waals surface area (Å²) in [6, 6.07) is 2.12. The molecule has 2 aliphatic rings. The highest BCUT2D eigenvalue weighted by atomic mass is 32.2. The highest BCUT2D eigenvalue weighted by Gasteiger charge is 2.61. The van der Waals surface area contributed by atoms with E-state index in [2.05, 4.69) is 20.0 Å². The quantitative estimate of drug-likeness (QED) is 0.753. The molecule has 0 amide bonds. The number of hydrogen-bond acceptors (Lipinski definition) is 7. The SMILES string of the molecule is Cc1ccnc(OCC2CCS(=O)(=O)C23CN(Cc2cnn(C)c2)C3)n1. The second kappa shape index (κ2) is 6.31. The molecule has 0 saturated carbocycles. The first-order chi connectivity index (χ1) is 12.4. The molecule has 1 atom stereocenters. The van der Waals surface area contributed by atoms with Gasteiger partial charge in [-0.25, -0.2) is 18.4 Å². The van der Waals surface area contributed by atoms with Crippen LogP contribution in [0.3, 0.4) is 0 Å². The number of sulfone groups is 1. The van der Waals surface area contributed by atoms with Crippen molar-refractivity contribution in [2.45, 2.75) is 24.6 Å². The van der Waals surface area contributed by atoms with Gasteiger partial charge in [0.05, 0.1) is 18.6 Å². The number of hydrogen-bond donors (Lipinski definition) is 0. The lowest BCUT2D eigenvalue weighted by Gasteiger charge is -2.49. The van der Waals surface area contributed by atoms with Crippen molar-refractivity contribution in [2.75, 3.05) is 25.4 Å². The number of aryl methyl sites for hydroxylation is 2. The predicted octanol–water partition coefficient (Wildman–Crippen LogP) is 0.587. The number of nitrogens with zero attached hydrogens (tertiary/aromatic N) is 5. The molecule has 2 aliphatic heterocycles. The molecule has 140 valence electrons. The van der Waals surface area contributed by atoms with E-state index in [0.717, 1.165) is 17.8 Å². The molecule has 2 aromatic rings. The van der Waals surface area contributed by atoms with Gasteiger partial charge in [0.1, 0.15) is 4.75 Å². The van der Waals surface area contributed by atoms with E-state index in [0.29, 0.717) is 32.1 Å². The van der Waals surface area contributed by atoms with Crippen LogP contribution in [0.2, 0.25) is 0 Å². The van der Waals surface area contributed by atoms with E-state index in [1.807, 2.05) is 26.4 Å². The van der Waals surface area contributed by atoms with Crippen molar-refractivity contribution in [3.63, 3.8) is 0 Å². The molecule has 0 aromatic carbocycles. The topological polar surface area (TPSA) is 90.2 Å². The van der Waals surface area contributed by atoms with Crippen LogP contribution in [0.5, 0.6) is 6.01 Å². The van der Waals surface area contributed by atoms with Crippen LogP contribution in [0.25, 0.3) is 0 Å². The van der Waals surface area contributed by atoms with E-state index >= 15 is 0 Å². The van der Waals surface area contributed by atoms with Gasteiger partial charge in [-0.2, -0.15) is 5.10 Å². The molecule has 0 radical (unpaired) electrons. The van der Waals surface area contributed by atoms with Crippen LogP contribution in [0.4, 0.5) is 0 Å². The molecule has 1 unspecified atom stereocenters. The van der Waals surface area contributed by atoms with Gasteiger partial charge in [-0.1, -0.05) is 0 Å². The average molecular weight is 377 g/mol. The first-order valence-electron chi connectivity index (χ1n) is 8.73. The Hall–Kier alpha value is -2.00. The van der Waals surface area contributed by atoms with Crippen molar-refractivity contribution < 1.29 is 13.2 Å². The first kappa shape index (κ1) is 17.4. The van der Waals surface area contributed by atoms with E-state index in [-0.39, 0.29) is 11.7 Å². The fraction of sp³-hybridized carbons (Fsp3) is 0.588. The normalized spacial score (nSPS) is 23.8. The Balaban J connectivity index is 1.43. The van der Waals surface area contributed by atoms with Crippen molar-refractivity contribution in [2.24, 2.45) is 13.0 Å². The Morgan fingerprint density at radius 3 is 2.88 bits per heavy atom. The Morgan fingerprint density at radius 2 is 2.19 bits per heavy atom. The van der Waals surface area contributed by atoms with Crippen LogP contribution in [0.15, 0.2) is 24.7 Å². The van der Waals surface area contributed by atoms with Crippen molar-refractivity contribution in [3.05, 3.63) is 35.9 Å².